The van der Waals surface area contributed by atoms with Crippen LogP contribution in [-0.2, 0) is 6.42 Å². The molecule has 0 amide bonds. The Balaban J connectivity index is 2.27. The Morgan fingerprint density at radius 2 is 2.11 bits per heavy atom. The maximum absolute atomic E-state index is 4.53. The van der Waals surface area contributed by atoms with E-state index in [4.69, 9.17) is 0 Å². The summed E-state index contributed by atoms with van der Waals surface area (Å²) in [7, 11) is 1.93. The molecule has 0 bridgehead atoms. The predicted molar refractivity (Wildman–Crippen MR) is 76.2 cm³/mol. The minimum absolute atomic E-state index is 0.882. The van der Waals surface area contributed by atoms with E-state index in [9.17, 15) is 0 Å². The summed E-state index contributed by atoms with van der Waals surface area (Å²) < 4.78 is 0. The Kier molecular flexibility index (Phi) is 4.39. The molecular weight excluding hydrogens is 224 g/mol. The monoisotopic (exact) mass is 248 g/mol. The zero-order valence-electron chi connectivity index (χ0n) is 11.7. The lowest BCUT2D eigenvalue weighted by molar-refractivity contribution is 0.722. The molecule has 1 N–H and O–H groups in total. The third kappa shape index (κ3) is 2.92. The zero-order chi connectivity index (χ0) is 13.0. The van der Waals surface area contributed by atoms with Gasteiger partial charge in [-0.1, -0.05) is 13.3 Å². The normalized spacial score (nSPS) is 14.6. The molecule has 2 rings (SSSR count). The van der Waals surface area contributed by atoms with Crippen molar-refractivity contribution in [3.8, 4) is 0 Å². The second-order valence-corrected chi connectivity index (χ2v) is 5.01. The fraction of sp³-hybridized carbons (Fsp3) is 0.714. The van der Waals surface area contributed by atoms with E-state index in [0.717, 1.165) is 43.5 Å². The van der Waals surface area contributed by atoms with Crippen molar-refractivity contribution in [2.45, 2.75) is 39.5 Å². The quantitative estimate of drug-likeness (QED) is 0.805. The molecule has 0 aromatic carbocycles. The maximum Gasteiger partial charge on any atom is 0.137 e. The predicted octanol–water partition coefficient (Wildman–Crippen LogP) is 2.71. The Hall–Kier alpha value is -1.32. The zero-order valence-corrected chi connectivity index (χ0v) is 11.7. The van der Waals surface area contributed by atoms with Gasteiger partial charge < -0.3 is 10.2 Å². The molecule has 1 aliphatic carbocycles. The van der Waals surface area contributed by atoms with Gasteiger partial charge in [-0.2, -0.15) is 0 Å². The van der Waals surface area contributed by atoms with Gasteiger partial charge in [-0.15, -0.1) is 0 Å². The molecule has 0 radical (unpaired) electrons. The van der Waals surface area contributed by atoms with Crippen LogP contribution in [0.1, 0.15) is 38.7 Å². The smallest absolute Gasteiger partial charge is 0.137 e. The van der Waals surface area contributed by atoms with E-state index in [1.165, 1.54) is 18.4 Å². The van der Waals surface area contributed by atoms with Crippen molar-refractivity contribution in [3.05, 3.63) is 11.9 Å². The SMILES string of the molecule is CCCc1c(NC)ncnc1N(CC)CC1CC1. The third-order valence-corrected chi connectivity index (χ3v) is 3.52. The minimum atomic E-state index is 0.882. The van der Waals surface area contributed by atoms with Crippen molar-refractivity contribution in [2.75, 3.05) is 30.4 Å². The summed E-state index contributed by atoms with van der Waals surface area (Å²) in [6.45, 7) is 6.58. The van der Waals surface area contributed by atoms with Crippen LogP contribution in [-0.4, -0.2) is 30.1 Å². The number of rotatable bonds is 7. The summed E-state index contributed by atoms with van der Waals surface area (Å²) in [5.74, 6) is 2.99. The van der Waals surface area contributed by atoms with Crippen molar-refractivity contribution in [2.24, 2.45) is 5.92 Å². The van der Waals surface area contributed by atoms with Crippen LogP contribution in [0.5, 0.6) is 0 Å². The molecular formula is C14H24N4. The van der Waals surface area contributed by atoms with E-state index in [1.807, 2.05) is 7.05 Å². The summed E-state index contributed by atoms with van der Waals surface area (Å²) in [6.07, 6.45) is 6.59. The number of hydrogen-bond donors (Lipinski definition) is 1. The largest absolute Gasteiger partial charge is 0.373 e. The van der Waals surface area contributed by atoms with Crippen LogP contribution >= 0.6 is 0 Å². The molecule has 1 saturated carbocycles. The van der Waals surface area contributed by atoms with Gasteiger partial charge in [0.1, 0.15) is 18.0 Å². The first-order valence-corrected chi connectivity index (χ1v) is 7.06. The van der Waals surface area contributed by atoms with Crippen LogP contribution in [0.4, 0.5) is 11.6 Å². The van der Waals surface area contributed by atoms with Crippen LogP contribution in [0.25, 0.3) is 0 Å². The van der Waals surface area contributed by atoms with E-state index in [1.54, 1.807) is 6.33 Å². The van der Waals surface area contributed by atoms with Crippen molar-refractivity contribution in [3.63, 3.8) is 0 Å². The molecule has 0 unspecified atom stereocenters. The maximum atomic E-state index is 4.53. The first-order chi connectivity index (χ1) is 8.80. The Bertz CT molecular complexity index is 387. The van der Waals surface area contributed by atoms with Crippen LogP contribution in [0.3, 0.4) is 0 Å². The number of aromatic nitrogens is 2. The number of anilines is 2. The molecule has 1 fully saturated rings. The average molecular weight is 248 g/mol. The fourth-order valence-electron chi connectivity index (χ4n) is 2.35. The average Bonchev–Trinajstić information content (AvgIpc) is 3.21. The molecule has 1 aromatic heterocycles. The van der Waals surface area contributed by atoms with Crippen molar-refractivity contribution < 1.29 is 0 Å². The summed E-state index contributed by atoms with van der Waals surface area (Å²) in [4.78, 5) is 11.3. The van der Waals surface area contributed by atoms with Gasteiger partial charge in [0.2, 0.25) is 0 Å². The second-order valence-electron chi connectivity index (χ2n) is 5.01. The Morgan fingerprint density at radius 1 is 1.33 bits per heavy atom. The highest BCUT2D eigenvalue weighted by Crippen LogP contribution is 2.32. The van der Waals surface area contributed by atoms with Gasteiger partial charge in [0.25, 0.3) is 0 Å². The topological polar surface area (TPSA) is 41.1 Å². The first kappa shape index (κ1) is 13.1. The molecule has 18 heavy (non-hydrogen) atoms. The number of hydrogen-bond acceptors (Lipinski definition) is 4. The second kappa shape index (κ2) is 6.03. The number of nitrogens with zero attached hydrogens (tertiary/aromatic N) is 3. The summed E-state index contributed by atoms with van der Waals surface area (Å²) in [6, 6.07) is 0. The highest BCUT2D eigenvalue weighted by molar-refractivity contribution is 5.58. The lowest BCUT2D eigenvalue weighted by Gasteiger charge is -2.25. The standard InChI is InChI=1S/C14H24N4/c1-4-6-12-13(15-3)16-10-17-14(12)18(5-2)9-11-7-8-11/h10-11H,4-9H2,1-3H3,(H,15,16,17). The van der Waals surface area contributed by atoms with Gasteiger partial charge in [-0.25, -0.2) is 9.97 Å². The molecule has 1 aromatic rings. The Morgan fingerprint density at radius 3 is 2.67 bits per heavy atom. The van der Waals surface area contributed by atoms with Crippen molar-refractivity contribution in [1.82, 2.24) is 9.97 Å². The van der Waals surface area contributed by atoms with Gasteiger partial charge in [-0.05, 0) is 32.1 Å². The van der Waals surface area contributed by atoms with Gasteiger partial charge in [-0.3, -0.25) is 0 Å². The molecule has 0 spiro atoms. The van der Waals surface area contributed by atoms with E-state index in [2.05, 4.69) is 34.0 Å². The van der Waals surface area contributed by atoms with Gasteiger partial charge in [0.05, 0.1) is 0 Å². The molecule has 100 valence electrons. The van der Waals surface area contributed by atoms with Gasteiger partial charge in [0.15, 0.2) is 0 Å². The summed E-state index contributed by atoms with van der Waals surface area (Å²) in [5.41, 5.74) is 1.27. The molecule has 4 heteroatoms. The molecule has 4 nitrogen and oxygen atoms in total. The van der Waals surface area contributed by atoms with E-state index in [-0.39, 0.29) is 0 Å². The van der Waals surface area contributed by atoms with E-state index in [0.29, 0.717) is 0 Å². The lowest BCUT2D eigenvalue weighted by Crippen LogP contribution is -2.27. The molecule has 0 saturated heterocycles. The van der Waals surface area contributed by atoms with Crippen molar-refractivity contribution >= 4 is 11.6 Å². The van der Waals surface area contributed by atoms with Crippen LogP contribution < -0.4 is 10.2 Å². The van der Waals surface area contributed by atoms with Crippen LogP contribution in [0.2, 0.25) is 0 Å². The van der Waals surface area contributed by atoms with Gasteiger partial charge in [0, 0.05) is 25.7 Å². The highest BCUT2D eigenvalue weighted by atomic mass is 15.2. The fourth-order valence-corrected chi connectivity index (χ4v) is 2.35. The van der Waals surface area contributed by atoms with Crippen LogP contribution in [0, 0.1) is 5.92 Å². The van der Waals surface area contributed by atoms with Crippen LogP contribution in [0.15, 0.2) is 6.33 Å². The Labute approximate surface area is 110 Å². The molecule has 1 aliphatic rings. The molecule has 1 heterocycles. The van der Waals surface area contributed by atoms with Crippen molar-refractivity contribution in [1.29, 1.82) is 0 Å². The minimum Gasteiger partial charge on any atom is -0.373 e. The molecule has 0 atom stereocenters. The van der Waals surface area contributed by atoms with E-state index < -0.39 is 0 Å². The summed E-state index contributed by atoms with van der Waals surface area (Å²) in [5, 5.41) is 3.19. The molecule has 0 aliphatic heterocycles. The lowest BCUT2D eigenvalue weighted by atomic mass is 10.1. The highest BCUT2D eigenvalue weighted by Gasteiger charge is 2.25. The van der Waals surface area contributed by atoms with E-state index >= 15 is 0 Å². The van der Waals surface area contributed by atoms with Gasteiger partial charge >= 0.3 is 0 Å². The summed E-state index contributed by atoms with van der Waals surface area (Å²) >= 11 is 0. The number of nitrogens with one attached hydrogen (secondary N) is 1. The third-order valence-electron chi connectivity index (χ3n) is 3.52. The first-order valence-electron chi connectivity index (χ1n) is 7.06.